The van der Waals surface area contributed by atoms with Gasteiger partial charge in [-0.3, -0.25) is 5.41 Å². The lowest BCUT2D eigenvalue weighted by molar-refractivity contribution is -0.209. The highest BCUT2D eigenvalue weighted by Crippen LogP contribution is 2.70. The van der Waals surface area contributed by atoms with E-state index in [1.807, 2.05) is 0 Å². The summed E-state index contributed by atoms with van der Waals surface area (Å²) in [6.45, 7) is 5.74. The van der Waals surface area contributed by atoms with Crippen LogP contribution in [0, 0.1) is 39.9 Å². The molecule has 4 N–H and O–H groups in total. The van der Waals surface area contributed by atoms with Crippen molar-refractivity contribution in [2.24, 2.45) is 40.2 Å². The molecule has 5 aliphatic rings. The molecular weight excluding hydrogens is 404 g/mol. The molecule has 0 aromatic heterocycles. The van der Waals surface area contributed by atoms with Crippen molar-refractivity contribution in [3.05, 3.63) is 11.6 Å². The first-order valence-corrected chi connectivity index (χ1v) is 12.7. The first-order chi connectivity index (χ1) is 15.2. The largest absolute Gasteiger partial charge is 0.458 e. The van der Waals surface area contributed by atoms with Crippen molar-refractivity contribution in [2.45, 2.75) is 89.8 Å². The van der Waals surface area contributed by atoms with Crippen LogP contribution in [0.4, 0.5) is 0 Å². The van der Waals surface area contributed by atoms with E-state index < -0.39 is 5.60 Å². The maximum absolute atomic E-state index is 12.3. The first-order valence-electron chi connectivity index (χ1n) is 12.7. The van der Waals surface area contributed by atoms with E-state index in [1.54, 1.807) is 6.08 Å². The zero-order valence-corrected chi connectivity index (χ0v) is 19.7. The Morgan fingerprint density at radius 2 is 2.00 bits per heavy atom. The fourth-order valence-electron chi connectivity index (χ4n) is 8.86. The van der Waals surface area contributed by atoms with Gasteiger partial charge in [-0.1, -0.05) is 13.8 Å². The van der Waals surface area contributed by atoms with E-state index in [0.29, 0.717) is 37.4 Å². The highest BCUT2D eigenvalue weighted by atomic mass is 16.5. The van der Waals surface area contributed by atoms with Gasteiger partial charge in [-0.05, 0) is 92.4 Å². The average molecular weight is 445 g/mol. The number of nitrogens with two attached hydrogens (primary N) is 1. The molecule has 0 unspecified atom stereocenters. The van der Waals surface area contributed by atoms with Crippen LogP contribution < -0.4 is 5.73 Å². The molecule has 0 spiro atoms. The van der Waals surface area contributed by atoms with E-state index in [1.165, 1.54) is 6.42 Å². The minimum Gasteiger partial charge on any atom is -0.458 e. The quantitative estimate of drug-likeness (QED) is 0.338. The van der Waals surface area contributed by atoms with Gasteiger partial charge >= 0.3 is 5.97 Å². The Morgan fingerprint density at radius 1 is 1.19 bits per heavy atom. The van der Waals surface area contributed by atoms with Gasteiger partial charge in [0.05, 0.1) is 24.1 Å². The molecule has 32 heavy (non-hydrogen) atoms. The highest BCUT2D eigenvalue weighted by Gasteiger charge is 2.67. The molecule has 8 atom stereocenters. The summed E-state index contributed by atoms with van der Waals surface area (Å²) in [6.07, 6.45) is 12.1. The number of amidine groups is 1. The van der Waals surface area contributed by atoms with E-state index >= 15 is 0 Å². The standard InChI is InChI=1S/C26H40N2O4/c1-24-9-5-18(31-12-8-22(27)28)14-17(24)3-4-21-20(24)6-10-25(2)19(7-11-26(21,25)30)16-13-23(29)32-15-16/h13,17-21,30H,3-12,14-15H2,1-2H3,(H3,27,28)/t17-,18+,19-,20+,21-,24+,25-,26+/m1/s1. The maximum Gasteiger partial charge on any atom is 0.331 e. The molecule has 0 aromatic rings. The zero-order valence-electron chi connectivity index (χ0n) is 19.7. The van der Waals surface area contributed by atoms with Crippen LogP contribution in [0.25, 0.3) is 0 Å². The van der Waals surface area contributed by atoms with Crippen molar-refractivity contribution < 1.29 is 19.4 Å². The number of rotatable bonds is 5. The Labute approximate surface area is 191 Å². The van der Waals surface area contributed by atoms with Gasteiger partial charge in [0.2, 0.25) is 0 Å². The van der Waals surface area contributed by atoms with E-state index in [-0.39, 0.29) is 34.7 Å². The number of cyclic esters (lactones) is 1. The second-order valence-electron chi connectivity index (χ2n) is 11.8. The fourth-order valence-corrected chi connectivity index (χ4v) is 8.86. The second-order valence-corrected chi connectivity index (χ2v) is 11.8. The van der Waals surface area contributed by atoms with Crippen molar-refractivity contribution in [2.75, 3.05) is 13.2 Å². The van der Waals surface area contributed by atoms with Gasteiger partial charge in [-0.25, -0.2) is 4.79 Å². The Morgan fingerprint density at radius 3 is 2.72 bits per heavy atom. The second kappa shape index (κ2) is 7.83. The van der Waals surface area contributed by atoms with E-state index in [4.69, 9.17) is 20.6 Å². The Bertz CT molecular complexity index is 827. The normalized spacial score (nSPS) is 47.8. The van der Waals surface area contributed by atoms with E-state index in [2.05, 4.69) is 13.8 Å². The number of nitrogens with one attached hydrogen (secondary N) is 1. The van der Waals surface area contributed by atoms with Gasteiger partial charge in [0, 0.05) is 17.9 Å². The lowest BCUT2D eigenvalue weighted by atomic mass is 9.43. The van der Waals surface area contributed by atoms with Crippen LogP contribution >= 0.6 is 0 Å². The first kappa shape index (κ1) is 22.4. The van der Waals surface area contributed by atoms with E-state index in [9.17, 15) is 9.90 Å². The molecule has 5 rings (SSSR count). The third kappa shape index (κ3) is 3.27. The topological polar surface area (TPSA) is 106 Å². The summed E-state index contributed by atoms with van der Waals surface area (Å²) in [5, 5.41) is 19.7. The highest BCUT2D eigenvalue weighted by molar-refractivity contribution is 5.85. The Kier molecular flexibility index (Phi) is 5.48. The zero-order chi connectivity index (χ0) is 22.7. The fraction of sp³-hybridized carbons (Fsp3) is 0.846. The molecule has 6 nitrogen and oxygen atoms in total. The van der Waals surface area contributed by atoms with Crippen molar-refractivity contribution in [1.82, 2.24) is 0 Å². The third-order valence-corrected chi connectivity index (χ3v) is 10.7. The number of hydrogen-bond donors (Lipinski definition) is 3. The number of carbonyl (C=O) groups is 1. The third-order valence-electron chi connectivity index (χ3n) is 10.7. The number of hydrogen-bond acceptors (Lipinski definition) is 5. The van der Waals surface area contributed by atoms with Crippen molar-refractivity contribution in [3.8, 4) is 0 Å². The van der Waals surface area contributed by atoms with E-state index in [0.717, 1.165) is 56.9 Å². The lowest BCUT2D eigenvalue weighted by Gasteiger charge is -2.63. The van der Waals surface area contributed by atoms with Crippen molar-refractivity contribution in [1.29, 1.82) is 5.41 Å². The van der Waals surface area contributed by atoms with Gasteiger partial charge in [0.25, 0.3) is 0 Å². The van der Waals surface area contributed by atoms with Crippen LogP contribution in [0.1, 0.15) is 78.1 Å². The van der Waals surface area contributed by atoms with Gasteiger partial charge in [-0.2, -0.15) is 0 Å². The Hall–Kier alpha value is -1.40. The van der Waals surface area contributed by atoms with Gasteiger partial charge in [-0.15, -0.1) is 0 Å². The molecule has 0 radical (unpaired) electrons. The summed E-state index contributed by atoms with van der Waals surface area (Å²) in [6, 6.07) is 0. The Balaban J connectivity index is 1.32. The smallest absolute Gasteiger partial charge is 0.331 e. The van der Waals surface area contributed by atoms with Crippen LogP contribution in [0.5, 0.6) is 0 Å². The summed E-state index contributed by atoms with van der Waals surface area (Å²) in [5.41, 5.74) is 6.05. The molecule has 4 fully saturated rings. The molecule has 0 aromatic carbocycles. The molecule has 6 heteroatoms. The van der Waals surface area contributed by atoms with Crippen LogP contribution in [0.3, 0.4) is 0 Å². The van der Waals surface area contributed by atoms with Crippen LogP contribution in [-0.2, 0) is 14.3 Å². The summed E-state index contributed by atoms with van der Waals surface area (Å²) in [5.74, 6) is 1.80. The number of aliphatic hydroxyl groups is 1. The number of ether oxygens (including phenoxy) is 2. The molecule has 0 bridgehead atoms. The SMILES string of the molecule is C[C@]12CC[C@H](OCCC(=N)N)C[C@H]1CC[C@@H]1[C@@H]2CC[C@]2(C)[C@@H](C3=CC(=O)OC3)CC[C@]12O. The minimum absolute atomic E-state index is 0.163. The van der Waals surface area contributed by atoms with Crippen LogP contribution in [0.15, 0.2) is 11.6 Å². The summed E-state index contributed by atoms with van der Waals surface area (Å²) >= 11 is 0. The lowest BCUT2D eigenvalue weighted by Crippen LogP contribution is -2.62. The van der Waals surface area contributed by atoms with Crippen LogP contribution in [0.2, 0.25) is 0 Å². The minimum atomic E-state index is -0.643. The van der Waals surface area contributed by atoms with Crippen molar-refractivity contribution in [3.63, 3.8) is 0 Å². The number of carbonyl (C=O) groups excluding carboxylic acids is 1. The average Bonchev–Trinajstić information content (AvgIpc) is 3.28. The van der Waals surface area contributed by atoms with Crippen LogP contribution in [-0.4, -0.2) is 41.8 Å². The molecule has 0 amide bonds. The summed E-state index contributed by atoms with van der Waals surface area (Å²) < 4.78 is 11.3. The van der Waals surface area contributed by atoms with Gasteiger partial charge < -0.3 is 20.3 Å². The molecule has 1 heterocycles. The van der Waals surface area contributed by atoms with Gasteiger partial charge in [0.15, 0.2) is 0 Å². The predicted molar refractivity (Wildman–Crippen MR) is 122 cm³/mol. The monoisotopic (exact) mass is 444 g/mol. The van der Waals surface area contributed by atoms with Gasteiger partial charge in [0.1, 0.15) is 6.61 Å². The number of esters is 1. The maximum atomic E-state index is 12.3. The summed E-state index contributed by atoms with van der Waals surface area (Å²) in [4.78, 5) is 11.7. The molecular formula is C26H40N2O4. The van der Waals surface area contributed by atoms with Crippen molar-refractivity contribution >= 4 is 11.8 Å². The molecule has 4 aliphatic carbocycles. The molecule has 0 saturated heterocycles. The molecule has 4 saturated carbocycles. The molecule has 1 aliphatic heterocycles. The number of fused-ring (bicyclic) bond motifs is 5. The molecule has 178 valence electrons. The predicted octanol–water partition coefficient (Wildman–Crippen LogP) is 3.95. The summed E-state index contributed by atoms with van der Waals surface area (Å²) in [7, 11) is 0.